The van der Waals surface area contributed by atoms with Gasteiger partial charge in [0.1, 0.15) is 12.1 Å². The zero-order valence-corrected chi connectivity index (χ0v) is 17.3. The average Bonchev–Trinajstić information content (AvgIpc) is 2.67. The first-order chi connectivity index (χ1) is 13.3. The van der Waals surface area contributed by atoms with Crippen molar-refractivity contribution in [3.05, 3.63) is 35.4 Å². The largest absolute Gasteiger partial charge is 0.480 e. The Morgan fingerprint density at radius 2 is 1.25 bits per heavy atom. The maximum atomic E-state index is 12.4. The van der Waals surface area contributed by atoms with E-state index in [0.717, 1.165) is 0 Å². The van der Waals surface area contributed by atoms with Crippen molar-refractivity contribution in [1.82, 2.24) is 10.6 Å². The van der Waals surface area contributed by atoms with E-state index in [1.54, 1.807) is 0 Å². The van der Waals surface area contributed by atoms with E-state index in [1.807, 2.05) is 12.5 Å². The minimum absolute atomic E-state index is 0.124. The zero-order chi connectivity index (χ0) is 21.1. The first kappa shape index (κ1) is 23.8. The highest BCUT2D eigenvalue weighted by molar-refractivity contribution is 7.98. The third-order valence-electron chi connectivity index (χ3n) is 3.82. The Hall–Kier alpha value is -2.20. The molecule has 1 rings (SSSR count). The normalized spacial score (nSPS) is 12.6. The number of carboxylic acids is 2. The smallest absolute Gasteiger partial charge is 0.326 e. The Labute approximate surface area is 171 Å². The van der Waals surface area contributed by atoms with Gasteiger partial charge in [-0.2, -0.15) is 23.5 Å². The van der Waals surface area contributed by atoms with Gasteiger partial charge in [0.15, 0.2) is 0 Å². The van der Waals surface area contributed by atoms with Crippen LogP contribution in [0.15, 0.2) is 24.3 Å². The number of hydrogen-bond donors (Lipinski definition) is 4. The first-order valence-electron chi connectivity index (χ1n) is 8.45. The van der Waals surface area contributed by atoms with Gasteiger partial charge in [-0.1, -0.05) is 6.07 Å². The van der Waals surface area contributed by atoms with Crippen LogP contribution < -0.4 is 10.6 Å². The number of carbonyl (C=O) groups excluding carboxylic acids is 2. The molecule has 0 bridgehead atoms. The fraction of sp³-hybridized carbons (Fsp3) is 0.444. The summed E-state index contributed by atoms with van der Waals surface area (Å²) in [5, 5.41) is 23.3. The van der Waals surface area contributed by atoms with E-state index in [9.17, 15) is 29.4 Å². The van der Waals surface area contributed by atoms with E-state index < -0.39 is 35.8 Å². The number of hydrogen-bond acceptors (Lipinski definition) is 6. The van der Waals surface area contributed by atoms with Gasteiger partial charge >= 0.3 is 11.9 Å². The molecule has 2 atom stereocenters. The van der Waals surface area contributed by atoms with E-state index in [1.165, 1.54) is 47.8 Å². The van der Waals surface area contributed by atoms with E-state index >= 15 is 0 Å². The maximum Gasteiger partial charge on any atom is 0.326 e. The predicted molar refractivity (Wildman–Crippen MR) is 110 cm³/mol. The Balaban J connectivity index is 2.86. The molecular weight excluding hydrogens is 404 g/mol. The molecule has 2 amide bonds. The lowest BCUT2D eigenvalue weighted by atomic mass is 10.1. The third kappa shape index (κ3) is 7.81. The molecule has 0 saturated carbocycles. The average molecular weight is 429 g/mol. The second-order valence-corrected chi connectivity index (χ2v) is 7.84. The Kier molecular flexibility index (Phi) is 10.5. The van der Waals surface area contributed by atoms with Crippen molar-refractivity contribution in [2.24, 2.45) is 0 Å². The van der Waals surface area contributed by atoms with E-state index in [2.05, 4.69) is 10.6 Å². The van der Waals surface area contributed by atoms with Crippen LogP contribution in [0.3, 0.4) is 0 Å². The van der Waals surface area contributed by atoms with Crippen molar-refractivity contribution in [2.45, 2.75) is 24.9 Å². The summed E-state index contributed by atoms with van der Waals surface area (Å²) in [4.78, 5) is 47.3. The number of amides is 2. The SMILES string of the molecule is CSCC[C@H](NC(=O)c1cccc(C(=O)N[C@H](CCSC)C(=O)O)c1)C(=O)O. The Morgan fingerprint density at radius 1 is 0.857 bits per heavy atom. The van der Waals surface area contributed by atoms with Crippen LogP contribution in [0.4, 0.5) is 0 Å². The van der Waals surface area contributed by atoms with Crippen LogP contribution in [-0.2, 0) is 9.59 Å². The number of nitrogens with one attached hydrogen (secondary N) is 2. The molecule has 1 aromatic carbocycles. The van der Waals surface area contributed by atoms with Gasteiger partial charge in [-0.3, -0.25) is 9.59 Å². The topological polar surface area (TPSA) is 133 Å². The number of carboxylic acid groups (broad SMARTS) is 2. The second kappa shape index (κ2) is 12.3. The van der Waals surface area contributed by atoms with Crippen LogP contribution in [0.2, 0.25) is 0 Å². The van der Waals surface area contributed by atoms with Gasteiger partial charge in [0, 0.05) is 11.1 Å². The summed E-state index contributed by atoms with van der Waals surface area (Å²) >= 11 is 2.95. The molecule has 0 aliphatic rings. The van der Waals surface area contributed by atoms with Crippen molar-refractivity contribution in [3.8, 4) is 0 Å². The molecule has 0 aromatic heterocycles. The molecule has 154 valence electrons. The summed E-state index contributed by atoms with van der Waals surface area (Å²) < 4.78 is 0. The third-order valence-corrected chi connectivity index (χ3v) is 5.10. The van der Waals surface area contributed by atoms with Gasteiger partial charge in [0.05, 0.1) is 0 Å². The van der Waals surface area contributed by atoms with Crippen molar-refractivity contribution in [2.75, 3.05) is 24.0 Å². The van der Waals surface area contributed by atoms with E-state index in [4.69, 9.17) is 0 Å². The van der Waals surface area contributed by atoms with Crippen LogP contribution in [0.25, 0.3) is 0 Å². The molecule has 0 aliphatic heterocycles. The van der Waals surface area contributed by atoms with Crippen molar-refractivity contribution in [1.29, 1.82) is 0 Å². The highest BCUT2D eigenvalue weighted by atomic mass is 32.2. The summed E-state index contributed by atoms with van der Waals surface area (Å²) in [7, 11) is 0. The lowest BCUT2D eigenvalue weighted by molar-refractivity contribution is -0.140. The molecule has 0 saturated heterocycles. The molecule has 4 N–H and O–H groups in total. The molecule has 0 aliphatic carbocycles. The van der Waals surface area contributed by atoms with Crippen LogP contribution in [0, 0.1) is 0 Å². The van der Waals surface area contributed by atoms with Crippen LogP contribution in [0.1, 0.15) is 33.6 Å². The monoisotopic (exact) mass is 428 g/mol. The highest BCUT2D eigenvalue weighted by Crippen LogP contribution is 2.09. The van der Waals surface area contributed by atoms with Gasteiger partial charge < -0.3 is 20.8 Å². The summed E-state index contributed by atoms with van der Waals surface area (Å²) in [6.07, 6.45) is 4.23. The molecular formula is C18H24N2O6S2. The lowest BCUT2D eigenvalue weighted by Gasteiger charge is -2.15. The van der Waals surface area contributed by atoms with Crippen LogP contribution in [0.5, 0.6) is 0 Å². The number of thioether (sulfide) groups is 2. The van der Waals surface area contributed by atoms with Gasteiger partial charge in [0.2, 0.25) is 0 Å². The molecule has 10 heteroatoms. The summed E-state index contributed by atoms with van der Waals surface area (Å²) in [5.74, 6) is -2.33. The summed E-state index contributed by atoms with van der Waals surface area (Å²) in [6, 6.07) is 3.66. The van der Waals surface area contributed by atoms with Gasteiger partial charge in [-0.25, -0.2) is 9.59 Å². The number of rotatable bonds is 12. The van der Waals surface area contributed by atoms with Crippen molar-refractivity contribution >= 4 is 47.3 Å². The molecule has 0 radical (unpaired) electrons. The fourth-order valence-electron chi connectivity index (χ4n) is 2.27. The molecule has 8 nitrogen and oxygen atoms in total. The van der Waals surface area contributed by atoms with Crippen LogP contribution >= 0.6 is 23.5 Å². The summed E-state index contributed by atoms with van der Waals surface area (Å²) in [6.45, 7) is 0. The van der Waals surface area contributed by atoms with Crippen LogP contribution in [-0.4, -0.2) is 70.1 Å². The van der Waals surface area contributed by atoms with Crippen molar-refractivity contribution in [3.63, 3.8) is 0 Å². The van der Waals surface area contributed by atoms with Gasteiger partial charge in [-0.15, -0.1) is 0 Å². The Bertz CT molecular complexity index is 658. The van der Waals surface area contributed by atoms with Crippen molar-refractivity contribution < 1.29 is 29.4 Å². The zero-order valence-electron chi connectivity index (χ0n) is 15.6. The van der Waals surface area contributed by atoms with Gasteiger partial charge in [0.25, 0.3) is 11.8 Å². The fourth-order valence-corrected chi connectivity index (χ4v) is 3.21. The standard InChI is InChI=1S/C18H24N2O6S2/c1-27-8-6-13(17(23)24)19-15(21)11-4-3-5-12(10-11)16(22)20-14(18(25)26)7-9-28-2/h3-5,10,13-14H,6-9H2,1-2H3,(H,19,21)(H,20,22)(H,23,24)(H,25,26)/t13-,14+. The molecule has 0 heterocycles. The van der Waals surface area contributed by atoms with E-state index in [0.29, 0.717) is 11.5 Å². The van der Waals surface area contributed by atoms with Gasteiger partial charge in [-0.05, 0) is 55.1 Å². The first-order valence-corrected chi connectivity index (χ1v) is 11.2. The molecule has 0 fully saturated rings. The quantitative estimate of drug-likeness (QED) is 0.394. The Morgan fingerprint density at radius 3 is 1.57 bits per heavy atom. The maximum absolute atomic E-state index is 12.4. The number of aliphatic carboxylic acids is 2. The predicted octanol–water partition coefficient (Wildman–Crippen LogP) is 1.56. The molecule has 1 aromatic rings. The minimum atomic E-state index is -1.13. The molecule has 28 heavy (non-hydrogen) atoms. The number of carbonyl (C=O) groups is 4. The minimum Gasteiger partial charge on any atom is -0.480 e. The summed E-state index contributed by atoms with van der Waals surface area (Å²) in [5.41, 5.74) is 0.248. The van der Waals surface area contributed by atoms with E-state index in [-0.39, 0.29) is 24.0 Å². The number of benzene rings is 1. The lowest BCUT2D eigenvalue weighted by Crippen LogP contribution is -2.42. The highest BCUT2D eigenvalue weighted by Gasteiger charge is 2.22. The molecule has 0 unspecified atom stereocenters. The molecule has 0 spiro atoms. The second-order valence-electron chi connectivity index (χ2n) is 5.87.